The van der Waals surface area contributed by atoms with E-state index in [2.05, 4.69) is 5.32 Å². The minimum atomic E-state index is -0.874. The van der Waals surface area contributed by atoms with Crippen molar-refractivity contribution in [3.8, 4) is 0 Å². The van der Waals surface area contributed by atoms with Crippen LogP contribution in [0.5, 0.6) is 0 Å². The molecule has 1 aromatic rings. The molecule has 2 N–H and O–H groups in total. The van der Waals surface area contributed by atoms with Gasteiger partial charge < -0.3 is 10.4 Å². The van der Waals surface area contributed by atoms with E-state index in [4.69, 9.17) is 5.11 Å². The van der Waals surface area contributed by atoms with Gasteiger partial charge in [0.25, 0.3) is 0 Å². The van der Waals surface area contributed by atoms with Gasteiger partial charge in [0.2, 0.25) is 5.91 Å². The van der Waals surface area contributed by atoms with Crippen molar-refractivity contribution in [2.75, 3.05) is 5.32 Å². The van der Waals surface area contributed by atoms with E-state index in [9.17, 15) is 9.59 Å². The monoisotopic (exact) mass is 235 g/mol. The van der Waals surface area contributed by atoms with Crippen LogP contribution in [0.4, 0.5) is 5.69 Å². The number of para-hydroxylation sites is 1. The highest BCUT2D eigenvalue weighted by molar-refractivity contribution is 5.91. The fourth-order valence-corrected chi connectivity index (χ4v) is 1.60. The van der Waals surface area contributed by atoms with Crippen molar-refractivity contribution in [2.24, 2.45) is 5.92 Å². The first-order valence-electron chi connectivity index (χ1n) is 5.56. The second kappa shape index (κ2) is 6.03. The molecule has 0 aromatic heterocycles. The molecule has 0 aliphatic heterocycles. The van der Waals surface area contributed by atoms with Gasteiger partial charge in [-0.2, -0.15) is 0 Å². The molecule has 1 aromatic carbocycles. The molecule has 0 fully saturated rings. The van der Waals surface area contributed by atoms with Crippen LogP contribution in [0.2, 0.25) is 0 Å². The first-order chi connectivity index (χ1) is 7.99. The Morgan fingerprint density at radius 1 is 1.29 bits per heavy atom. The Morgan fingerprint density at radius 3 is 2.53 bits per heavy atom. The van der Waals surface area contributed by atoms with Crippen LogP contribution in [0, 0.1) is 12.8 Å². The van der Waals surface area contributed by atoms with E-state index in [1.165, 1.54) is 0 Å². The van der Waals surface area contributed by atoms with Gasteiger partial charge in [0, 0.05) is 18.5 Å². The summed E-state index contributed by atoms with van der Waals surface area (Å²) < 4.78 is 0. The highest BCUT2D eigenvalue weighted by Gasteiger charge is 2.13. The van der Waals surface area contributed by atoms with Crippen LogP contribution in [0.1, 0.15) is 25.3 Å². The van der Waals surface area contributed by atoms with Crippen LogP contribution in [-0.2, 0) is 9.59 Å². The highest BCUT2D eigenvalue weighted by Crippen LogP contribution is 2.15. The zero-order chi connectivity index (χ0) is 12.8. The Labute approximate surface area is 101 Å². The van der Waals surface area contributed by atoms with Gasteiger partial charge in [0.15, 0.2) is 0 Å². The number of nitrogens with one attached hydrogen (secondary N) is 1. The number of carboxylic acids is 1. The molecule has 0 heterocycles. The van der Waals surface area contributed by atoms with Gasteiger partial charge in [-0.1, -0.05) is 25.1 Å². The van der Waals surface area contributed by atoms with Crippen LogP contribution < -0.4 is 5.32 Å². The fourth-order valence-electron chi connectivity index (χ4n) is 1.60. The second-order valence-electron chi connectivity index (χ2n) is 4.27. The summed E-state index contributed by atoms with van der Waals surface area (Å²) in [6.07, 6.45) is 0.238. The molecule has 0 bridgehead atoms. The number of rotatable bonds is 5. The highest BCUT2D eigenvalue weighted by atomic mass is 16.4. The predicted octanol–water partition coefficient (Wildman–Crippen LogP) is 2.43. The van der Waals surface area contributed by atoms with Crippen molar-refractivity contribution in [1.82, 2.24) is 0 Å². The van der Waals surface area contributed by atoms with Crippen LogP contribution in [-0.4, -0.2) is 17.0 Å². The number of hydrogen-bond acceptors (Lipinski definition) is 2. The molecular weight excluding hydrogens is 218 g/mol. The molecule has 17 heavy (non-hydrogen) atoms. The van der Waals surface area contributed by atoms with E-state index in [0.717, 1.165) is 11.3 Å². The summed E-state index contributed by atoms with van der Waals surface area (Å²) in [7, 11) is 0. The first-order valence-corrected chi connectivity index (χ1v) is 5.56. The van der Waals surface area contributed by atoms with Crippen molar-refractivity contribution >= 4 is 17.6 Å². The van der Waals surface area contributed by atoms with Gasteiger partial charge in [-0.15, -0.1) is 0 Å². The summed E-state index contributed by atoms with van der Waals surface area (Å²) in [6.45, 7) is 3.67. The first kappa shape index (κ1) is 13.2. The van der Waals surface area contributed by atoms with E-state index in [1.54, 1.807) is 6.92 Å². The molecule has 0 saturated carbocycles. The smallest absolute Gasteiger partial charge is 0.303 e. The molecule has 0 unspecified atom stereocenters. The number of benzene rings is 1. The third-order valence-corrected chi connectivity index (χ3v) is 2.48. The van der Waals surface area contributed by atoms with Crippen molar-refractivity contribution in [1.29, 1.82) is 0 Å². The Kier molecular flexibility index (Phi) is 4.69. The molecule has 4 heteroatoms. The van der Waals surface area contributed by atoms with Gasteiger partial charge in [-0.3, -0.25) is 9.59 Å². The third kappa shape index (κ3) is 4.68. The summed E-state index contributed by atoms with van der Waals surface area (Å²) in [4.78, 5) is 22.1. The van der Waals surface area contributed by atoms with Crippen LogP contribution in [0.3, 0.4) is 0 Å². The van der Waals surface area contributed by atoms with Gasteiger partial charge in [0.1, 0.15) is 0 Å². The quantitative estimate of drug-likeness (QED) is 0.823. The number of carbonyl (C=O) groups is 2. The molecule has 92 valence electrons. The average Bonchev–Trinajstić information content (AvgIpc) is 2.19. The van der Waals surface area contributed by atoms with Crippen molar-refractivity contribution in [2.45, 2.75) is 26.7 Å². The minimum absolute atomic E-state index is 0.0151. The average molecular weight is 235 g/mol. The summed E-state index contributed by atoms with van der Waals surface area (Å²) in [5, 5.41) is 11.4. The van der Waals surface area contributed by atoms with Gasteiger partial charge in [-0.25, -0.2) is 0 Å². The largest absolute Gasteiger partial charge is 0.481 e. The topological polar surface area (TPSA) is 66.4 Å². The van der Waals surface area contributed by atoms with E-state index < -0.39 is 5.97 Å². The number of carbonyl (C=O) groups excluding carboxylic acids is 1. The van der Waals surface area contributed by atoms with Gasteiger partial charge >= 0.3 is 5.97 Å². The number of anilines is 1. The predicted molar refractivity (Wildman–Crippen MR) is 65.8 cm³/mol. The number of aryl methyl sites for hydroxylation is 1. The lowest BCUT2D eigenvalue weighted by atomic mass is 10.0. The minimum Gasteiger partial charge on any atom is -0.481 e. The normalized spacial score (nSPS) is 11.9. The Bertz CT molecular complexity index is 415. The molecule has 0 aliphatic rings. The molecule has 4 nitrogen and oxygen atoms in total. The Hall–Kier alpha value is -1.84. The molecule has 0 radical (unpaired) electrons. The van der Waals surface area contributed by atoms with E-state index in [-0.39, 0.29) is 24.7 Å². The van der Waals surface area contributed by atoms with Crippen molar-refractivity contribution in [3.63, 3.8) is 0 Å². The standard InChI is InChI=1S/C13H17NO3/c1-9(8-13(16)17)7-12(15)14-11-6-4-3-5-10(11)2/h3-6,9H,7-8H2,1-2H3,(H,14,15)(H,16,17)/t9-/m0/s1. The summed E-state index contributed by atoms with van der Waals surface area (Å²) in [6, 6.07) is 7.49. The van der Waals surface area contributed by atoms with Crippen molar-refractivity contribution in [3.05, 3.63) is 29.8 Å². The number of carboxylic acid groups (broad SMARTS) is 1. The fraction of sp³-hybridized carbons (Fsp3) is 0.385. The lowest BCUT2D eigenvalue weighted by molar-refractivity contribution is -0.138. The molecular formula is C13H17NO3. The maximum atomic E-state index is 11.7. The lowest BCUT2D eigenvalue weighted by Crippen LogP contribution is -2.17. The van der Waals surface area contributed by atoms with Gasteiger partial charge in [0.05, 0.1) is 0 Å². The SMILES string of the molecule is Cc1ccccc1NC(=O)C[C@H](C)CC(=O)O. The Balaban J connectivity index is 2.50. The summed E-state index contributed by atoms with van der Waals surface area (Å²) in [5.74, 6) is -1.18. The molecule has 0 spiro atoms. The lowest BCUT2D eigenvalue weighted by Gasteiger charge is -2.10. The second-order valence-corrected chi connectivity index (χ2v) is 4.27. The zero-order valence-corrected chi connectivity index (χ0v) is 10.1. The van der Waals surface area contributed by atoms with Gasteiger partial charge in [-0.05, 0) is 24.5 Å². The van der Waals surface area contributed by atoms with Crippen LogP contribution in [0.15, 0.2) is 24.3 Å². The molecule has 1 atom stereocenters. The van der Waals surface area contributed by atoms with E-state index in [0.29, 0.717) is 0 Å². The van der Waals surface area contributed by atoms with Crippen LogP contribution >= 0.6 is 0 Å². The number of hydrogen-bond donors (Lipinski definition) is 2. The number of aliphatic carboxylic acids is 1. The molecule has 1 rings (SSSR count). The zero-order valence-electron chi connectivity index (χ0n) is 10.1. The maximum absolute atomic E-state index is 11.7. The number of amides is 1. The molecule has 0 aliphatic carbocycles. The molecule has 1 amide bonds. The molecule has 0 saturated heterocycles. The Morgan fingerprint density at radius 2 is 1.94 bits per heavy atom. The van der Waals surface area contributed by atoms with E-state index in [1.807, 2.05) is 31.2 Å². The third-order valence-electron chi connectivity index (χ3n) is 2.48. The van der Waals surface area contributed by atoms with E-state index >= 15 is 0 Å². The van der Waals surface area contributed by atoms with Crippen LogP contribution in [0.25, 0.3) is 0 Å². The maximum Gasteiger partial charge on any atom is 0.303 e. The van der Waals surface area contributed by atoms with Crippen molar-refractivity contribution < 1.29 is 14.7 Å². The summed E-state index contributed by atoms with van der Waals surface area (Å²) in [5.41, 5.74) is 1.77. The summed E-state index contributed by atoms with van der Waals surface area (Å²) >= 11 is 0.